The molecule has 94 valence electrons. The number of nitrogens with two attached hydrogens (primary N) is 1. The lowest BCUT2D eigenvalue weighted by molar-refractivity contribution is 0.965. The molecule has 2 rings (SSSR count). The van der Waals surface area contributed by atoms with E-state index in [1.54, 1.807) is 11.8 Å². The standard InChI is InChI=1S/C14H13Br2NS/c15-11-2-4-12(5-3-11)18-14-6-1-10(7-8-17)9-13(14)16/h1-6,9H,7-8,17H2. The van der Waals surface area contributed by atoms with Gasteiger partial charge in [0.1, 0.15) is 0 Å². The topological polar surface area (TPSA) is 26.0 Å². The van der Waals surface area contributed by atoms with Crippen molar-refractivity contribution in [3.8, 4) is 0 Å². The van der Waals surface area contributed by atoms with Gasteiger partial charge < -0.3 is 5.73 Å². The number of halogens is 2. The van der Waals surface area contributed by atoms with Gasteiger partial charge in [0, 0.05) is 18.7 Å². The van der Waals surface area contributed by atoms with E-state index >= 15 is 0 Å². The zero-order chi connectivity index (χ0) is 13.0. The van der Waals surface area contributed by atoms with Gasteiger partial charge in [-0.05, 0) is 70.9 Å². The quantitative estimate of drug-likeness (QED) is 0.811. The predicted molar refractivity (Wildman–Crippen MR) is 85.2 cm³/mol. The molecule has 0 aliphatic heterocycles. The molecule has 0 saturated carbocycles. The Morgan fingerprint density at radius 2 is 1.72 bits per heavy atom. The SMILES string of the molecule is NCCc1ccc(Sc2ccc(Br)cc2)c(Br)c1. The summed E-state index contributed by atoms with van der Waals surface area (Å²) in [6, 6.07) is 14.7. The van der Waals surface area contributed by atoms with Crippen molar-refractivity contribution in [3.05, 3.63) is 57.0 Å². The molecule has 0 radical (unpaired) electrons. The van der Waals surface area contributed by atoms with Crippen LogP contribution in [0.4, 0.5) is 0 Å². The Hall–Kier alpha value is -0.290. The van der Waals surface area contributed by atoms with Crippen molar-refractivity contribution in [3.63, 3.8) is 0 Å². The van der Waals surface area contributed by atoms with E-state index in [1.165, 1.54) is 15.4 Å². The van der Waals surface area contributed by atoms with E-state index in [9.17, 15) is 0 Å². The summed E-state index contributed by atoms with van der Waals surface area (Å²) in [5.74, 6) is 0. The minimum absolute atomic E-state index is 0.686. The highest BCUT2D eigenvalue weighted by Gasteiger charge is 2.03. The molecule has 1 nitrogen and oxygen atoms in total. The Bertz CT molecular complexity index is 526. The molecule has 0 aromatic heterocycles. The summed E-state index contributed by atoms with van der Waals surface area (Å²) in [6.45, 7) is 0.686. The normalized spacial score (nSPS) is 10.6. The Kier molecular flexibility index (Phi) is 5.30. The molecule has 0 unspecified atom stereocenters. The lowest BCUT2D eigenvalue weighted by Crippen LogP contribution is -2.02. The third-order valence-corrected chi connectivity index (χ3v) is 5.00. The average molecular weight is 387 g/mol. The minimum atomic E-state index is 0.686. The number of rotatable bonds is 4. The summed E-state index contributed by atoms with van der Waals surface area (Å²) in [6.07, 6.45) is 0.918. The van der Waals surface area contributed by atoms with Crippen molar-refractivity contribution in [2.24, 2.45) is 5.73 Å². The maximum absolute atomic E-state index is 5.56. The molecule has 0 bridgehead atoms. The van der Waals surface area contributed by atoms with Gasteiger partial charge in [-0.25, -0.2) is 0 Å². The first-order chi connectivity index (χ1) is 8.69. The second kappa shape index (κ2) is 6.75. The van der Waals surface area contributed by atoms with Crippen molar-refractivity contribution < 1.29 is 0 Å². The highest BCUT2D eigenvalue weighted by molar-refractivity contribution is 9.10. The highest BCUT2D eigenvalue weighted by Crippen LogP contribution is 2.34. The van der Waals surface area contributed by atoms with E-state index in [1.807, 2.05) is 0 Å². The van der Waals surface area contributed by atoms with Crippen LogP contribution in [0, 0.1) is 0 Å². The van der Waals surface area contributed by atoms with E-state index in [4.69, 9.17) is 5.73 Å². The van der Waals surface area contributed by atoms with Gasteiger partial charge in [0.25, 0.3) is 0 Å². The molecule has 4 heteroatoms. The first-order valence-electron chi connectivity index (χ1n) is 5.61. The van der Waals surface area contributed by atoms with E-state index in [0.29, 0.717) is 6.54 Å². The summed E-state index contributed by atoms with van der Waals surface area (Å²) in [4.78, 5) is 2.45. The van der Waals surface area contributed by atoms with E-state index < -0.39 is 0 Å². The summed E-state index contributed by atoms with van der Waals surface area (Å²) < 4.78 is 2.23. The molecule has 2 aromatic carbocycles. The molecule has 0 atom stereocenters. The number of hydrogen-bond donors (Lipinski definition) is 1. The van der Waals surface area contributed by atoms with Crippen LogP contribution >= 0.6 is 43.6 Å². The zero-order valence-electron chi connectivity index (χ0n) is 9.70. The van der Waals surface area contributed by atoms with Crippen molar-refractivity contribution in [1.82, 2.24) is 0 Å². The highest BCUT2D eigenvalue weighted by atomic mass is 79.9. The van der Waals surface area contributed by atoms with Crippen molar-refractivity contribution in [2.45, 2.75) is 16.2 Å². The molecule has 0 heterocycles. The van der Waals surface area contributed by atoms with Crippen LogP contribution in [0.25, 0.3) is 0 Å². The lowest BCUT2D eigenvalue weighted by atomic mass is 10.2. The smallest absolute Gasteiger partial charge is 0.0317 e. The molecule has 0 aliphatic carbocycles. The molecule has 0 aliphatic rings. The van der Waals surface area contributed by atoms with Crippen LogP contribution in [-0.4, -0.2) is 6.54 Å². The van der Waals surface area contributed by atoms with Crippen molar-refractivity contribution >= 4 is 43.6 Å². The fourth-order valence-corrected chi connectivity index (χ4v) is 3.33. The Balaban J connectivity index is 2.16. The molecule has 0 amide bonds. The summed E-state index contributed by atoms with van der Waals surface area (Å²) in [5, 5.41) is 0. The van der Waals surface area contributed by atoms with Crippen LogP contribution in [0.1, 0.15) is 5.56 Å². The van der Waals surface area contributed by atoms with Gasteiger partial charge in [-0.15, -0.1) is 0 Å². The van der Waals surface area contributed by atoms with Gasteiger partial charge in [-0.1, -0.05) is 33.8 Å². The lowest BCUT2D eigenvalue weighted by Gasteiger charge is -2.07. The fraction of sp³-hybridized carbons (Fsp3) is 0.143. The van der Waals surface area contributed by atoms with Crippen LogP contribution in [0.2, 0.25) is 0 Å². The van der Waals surface area contributed by atoms with Gasteiger partial charge in [0.15, 0.2) is 0 Å². The molecular formula is C14H13Br2NS. The first kappa shape index (κ1) is 14.1. The van der Waals surface area contributed by atoms with Crippen LogP contribution in [0.5, 0.6) is 0 Å². The minimum Gasteiger partial charge on any atom is -0.330 e. The summed E-state index contributed by atoms with van der Waals surface area (Å²) >= 11 is 8.81. The number of benzene rings is 2. The Labute approximate surface area is 128 Å². The largest absolute Gasteiger partial charge is 0.330 e. The maximum atomic E-state index is 5.56. The van der Waals surface area contributed by atoms with Crippen LogP contribution < -0.4 is 5.73 Å². The van der Waals surface area contributed by atoms with Gasteiger partial charge >= 0.3 is 0 Å². The monoisotopic (exact) mass is 385 g/mol. The van der Waals surface area contributed by atoms with Crippen molar-refractivity contribution in [2.75, 3.05) is 6.54 Å². The van der Waals surface area contributed by atoms with Gasteiger partial charge in [-0.3, -0.25) is 0 Å². The molecular weight excluding hydrogens is 374 g/mol. The van der Waals surface area contributed by atoms with E-state index in [-0.39, 0.29) is 0 Å². The second-order valence-electron chi connectivity index (χ2n) is 3.86. The third kappa shape index (κ3) is 3.85. The molecule has 2 aromatic rings. The average Bonchev–Trinajstić information content (AvgIpc) is 2.36. The van der Waals surface area contributed by atoms with Crippen molar-refractivity contribution in [1.29, 1.82) is 0 Å². The van der Waals surface area contributed by atoms with Crippen LogP contribution in [0.3, 0.4) is 0 Å². The molecule has 18 heavy (non-hydrogen) atoms. The maximum Gasteiger partial charge on any atom is 0.0317 e. The Morgan fingerprint density at radius 3 is 2.33 bits per heavy atom. The molecule has 0 fully saturated rings. The van der Waals surface area contributed by atoms with Crippen LogP contribution in [-0.2, 0) is 6.42 Å². The second-order valence-corrected chi connectivity index (χ2v) is 6.74. The van der Waals surface area contributed by atoms with Gasteiger partial charge in [0.2, 0.25) is 0 Å². The van der Waals surface area contributed by atoms with Gasteiger partial charge in [-0.2, -0.15) is 0 Å². The molecule has 0 saturated heterocycles. The first-order valence-corrected chi connectivity index (χ1v) is 8.01. The zero-order valence-corrected chi connectivity index (χ0v) is 13.7. The predicted octanol–water partition coefficient (Wildman–Crippen LogP) is 4.86. The fourth-order valence-electron chi connectivity index (χ4n) is 1.58. The Morgan fingerprint density at radius 1 is 1.00 bits per heavy atom. The molecule has 2 N–H and O–H groups in total. The summed E-state index contributed by atoms with van der Waals surface area (Å²) in [5.41, 5.74) is 6.83. The third-order valence-electron chi connectivity index (χ3n) is 2.47. The van der Waals surface area contributed by atoms with E-state index in [0.717, 1.165) is 15.4 Å². The number of hydrogen-bond acceptors (Lipinski definition) is 2. The van der Waals surface area contributed by atoms with Crippen LogP contribution in [0.15, 0.2) is 61.2 Å². The van der Waals surface area contributed by atoms with E-state index in [2.05, 4.69) is 74.3 Å². The summed E-state index contributed by atoms with van der Waals surface area (Å²) in [7, 11) is 0. The van der Waals surface area contributed by atoms with Gasteiger partial charge in [0.05, 0.1) is 0 Å². The molecule has 0 spiro atoms.